The lowest BCUT2D eigenvalue weighted by atomic mass is 9.86. The number of rotatable bonds is 4. The molecule has 2 aliphatic rings. The highest BCUT2D eigenvalue weighted by Crippen LogP contribution is 2.53. The van der Waals surface area contributed by atoms with Gasteiger partial charge < -0.3 is 9.33 Å². The van der Waals surface area contributed by atoms with Gasteiger partial charge in [-0.2, -0.15) is 0 Å². The van der Waals surface area contributed by atoms with Crippen LogP contribution < -0.4 is 0 Å². The van der Waals surface area contributed by atoms with E-state index in [2.05, 4.69) is 52.6 Å². The molecule has 2 aliphatic heterocycles. The molecule has 3 rings (SSSR count). The van der Waals surface area contributed by atoms with Gasteiger partial charge in [-0.25, -0.2) is 4.39 Å². The molecular formula is C22H34FNO2Si. The lowest BCUT2D eigenvalue weighted by Gasteiger charge is -2.48. The van der Waals surface area contributed by atoms with Crippen LogP contribution in [0.5, 0.6) is 0 Å². The normalized spacial score (nSPS) is 26.6. The zero-order valence-electron chi connectivity index (χ0n) is 17.9. The van der Waals surface area contributed by atoms with Crippen molar-refractivity contribution in [2.24, 2.45) is 0 Å². The number of carbonyl (C=O) groups is 1. The monoisotopic (exact) mass is 391 g/mol. The Morgan fingerprint density at radius 3 is 2.26 bits per heavy atom. The Balaban J connectivity index is 1.94. The summed E-state index contributed by atoms with van der Waals surface area (Å²) >= 11 is 0. The molecule has 2 saturated heterocycles. The van der Waals surface area contributed by atoms with E-state index in [1.165, 1.54) is 12.1 Å². The Labute approximate surface area is 164 Å². The van der Waals surface area contributed by atoms with Gasteiger partial charge >= 0.3 is 0 Å². The Kier molecular flexibility index (Phi) is 4.88. The molecule has 0 spiro atoms. The minimum absolute atomic E-state index is 0.0479. The minimum Gasteiger partial charge on any atom is -0.410 e. The van der Waals surface area contributed by atoms with Gasteiger partial charge in [0.2, 0.25) is 5.91 Å². The summed E-state index contributed by atoms with van der Waals surface area (Å²) in [5.74, 6) is -0.0316. The van der Waals surface area contributed by atoms with Gasteiger partial charge in [0.05, 0.1) is 17.2 Å². The Morgan fingerprint density at radius 1 is 1.11 bits per heavy atom. The topological polar surface area (TPSA) is 29.5 Å². The van der Waals surface area contributed by atoms with Crippen molar-refractivity contribution >= 4 is 14.2 Å². The highest BCUT2D eigenvalue weighted by atomic mass is 28.4. The van der Waals surface area contributed by atoms with Crippen molar-refractivity contribution < 1.29 is 13.6 Å². The maximum Gasteiger partial charge on any atom is 0.223 e. The maximum absolute atomic E-state index is 13.5. The summed E-state index contributed by atoms with van der Waals surface area (Å²) in [6, 6.07) is 6.77. The van der Waals surface area contributed by atoms with Crippen molar-refractivity contribution in [2.45, 2.75) is 95.6 Å². The van der Waals surface area contributed by atoms with Crippen LogP contribution >= 0.6 is 0 Å². The standard InChI is InChI=1S/C22H34FNO2Si/c1-20(2,3)27(6,7)26-21(4,5)18-12-14-22(15-13-19(25)24(18)22)16-8-10-17(23)11-9-16/h8-11,18H,12-15H2,1-7H3/t18-,22-/m1/s1. The number of halogens is 1. The molecule has 0 bridgehead atoms. The smallest absolute Gasteiger partial charge is 0.223 e. The molecule has 5 heteroatoms. The van der Waals surface area contributed by atoms with E-state index in [1.807, 2.05) is 12.1 Å². The predicted octanol–water partition coefficient (Wildman–Crippen LogP) is 5.61. The van der Waals surface area contributed by atoms with E-state index in [1.54, 1.807) is 0 Å². The lowest BCUT2D eigenvalue weighted by molar-refractivity contribution is -0.136. The van der Waals surface area contributed by atoms with Gasteiger partial charge in [-0.15, -0.1) is 0 Å². The van der Waals surface area contributed by atoms with Gasteiger partial charge in [-0.1, -0.05) is 32.9 Å². The van der Waals surface area contributed by atoms with Crippen LogP contribution in [-0.2, 0) is 14.8 Å². The molecule has 1 amide bonds. The molecule has 1 aromatic carbocycles. The fourth-order valence-electron chi connectivity index (χ4n) is 4.74. The summed E-state index contributed by atoms with van der Waals surface area (Å²) in [4.78, 5) is 15.0. The van der Waals surface area contributed by atoms with Crippen LogP contribution in [0.3, 0.4) is 0 Å². The summed E-state index contributed by atoms with van der Waals surface area (Å²) in [5, 5.41) is 0.117. The number of hydrogen-bond donors (Lipinski definition) is 0. The van der Waals surface area contributed by atoms with E-state index < -0.39 is 13.9 Å². The van der Waals surface area contributed by atoms with E-state index >= 15 is 0 Å². The van der Waals surface area contributed by atoms with Crippen LogP contribution in [0, 0.1) is 5.82 Å². The number of nitrogens with zero attached hydrogens (tertiary/aromatic N) is 1. The van der Waals surface area contributed by atoms with Crippen molar-refractivity contribution in [1.82, 2.24) is 4.90 Å². The summed E-state index contributed by atoms with van der Waals surface area (Å²) in [6.07, 6.45) is 3.21. The van der Waals surface area contributed by atoms with E-state index in [9.17, 15) is 9.18 Å². The van der Waals surface area contributed by atoms with Crippen LogP contribution in [0.25, 0.3) is 0 Å². The van der Waals surface area contributed by atoms with Crippen molar-refractivity contribution in [1.29, 1.82) is 0 Å². The average molecular weight is 392 g/mol. The highest BCUT2D eigenvalue weighted by molar-refractivity contribution is 6.74. The molecule has 150 valence electrons. The van der Waals surface area contributed by atoms with Crippen LogP contribution in [-0.4, -0.2) is 30.8 Å². The first-order valence-electron chi connectivity index (χ1n) is 10.1. The summed E-state index contributed by atoms with van der Waals surface area (Å²) in [7, 11) is -1.97. The first kappa shape index (κ1) is 20.5. The second-order valence-corrected chi connectivity index (χ2v) is 15.0. The second-order valence-electron chi connectivity index (χ2n) is 10.3. The molecule has 2 heterocycles. The van der Waals surface area contributed by atoms with Crippen LogP contribution in [0.1, 0.15) is 65.9 Å². The number of benzene rings is 1. The zero-order chi connectivity index (χ0) is 20.3. The maximum atomic E-state index is 13.5. The predicted molar refractivity (Wildman–Crippen MR) is 110 cm³/mol. The summed E-state index contributed by atoms with van der Waals surface area (Å²) in [6.45, 7) is 15.6. The number of carbonyl (C=O) groups excluding carboxylic acids is 1. The number of fused-ring (bicyclic) bond motifs is 1. The lowest BCUT2D eigenvalue weighted by Crippen LogP contribution is -2.57. The van der Waals surface area contributed by atoms with Crippen molar-refractivity contribution in [3.8, 4) is 0 Å². The third kappa shape index (κ3) is 3.37. The molecule has 3 nitrogen and oxygen atoms in total. The number of hydrogen-bond acceptors (Lipinski definition) is 2. The van der Waals surface area contributed by atoms with Crippen molar-refractivity contribution in [3.05, 3.63) is 35.6 Å². The molecule has 0 aliphatic carbocycles. The van der Waals surface area contributed by atoms with Crippen LogP contribution in [0.15, 0.2) is 24.3 Å². The largest absolute Gasteiger partial charge is 0.410 e. The Morgan fingerprint density at radius 2 is 1.70 bits per heavy atom. The summed E-state index contributed by atoms with van der Waals surface area (Å²) < 4.78 is 20.3. The zero-order valence-corrected chi connectivity index (χ0v) is 18.9. The first-order chi connectivity index (χ1) is 12.3. The number of amides is 1. The fraction of sp³-hybridized carbons (Fsp3) is 0.682. The minimum atomic E-state index is -1.97. The molecule has 0 saturated carbocycles. The van der Waals surface area contributed by atoms with E-state index in [0.29, 0.717) is 6.42 Å². The highest BCUT2D eigenvalue weighted by Gasteiger charge is 2.58. The van der Waals surface area contributed by atoms with Gasteiger partial charge in [0.1, 0.15) is 5.82 Å². The van der Waals surface area contributed by atoms with Crippen LogP contribution in [0.4, 0.5) is 4.39 Å². The molecule has 2 atom stereocenters. The van der Waals surface area contributed by atoms with E-state index in [-0.39, 0.29) is 28.3 Å². The fourth-order valence-corrected chi connectivity index (χ4v) is 6.50. The Hall–Kier alpha value is -1.20. The van der Waals surface area contributed by atoms with Gasteiger partial charge in [0, 0.05) is 6.42 Å². The van der Waals surface area contributed by atoms with Gasteiger partial charge in [0.15, 0.2) is 8.32 Å². The van der Waals surface area contributed by atoms with Gasteiger partial charge in [-0.05, 0) is 68.9 Å². The second kappa shape index (κ2) is 6.41. The average Bonchev–Trinajstić information content (AvgIpc) is 3.06. The molecule has 0 N–H and O–H groups in total. The van der Waals surface area contributed by atoms with Gasteiger partial charge in [0.25, 0.3) is 0 Å². The quantitative estimate of drug-likeness (QED) is 0.625. The van der Waals surface area contributed by atoms with E-state index in [0.717, 1.165) is 24.8 Å². The SMILES string of the molecule is CC(C)(O[Si](C)(C)C(C)(C)C)[C@H]1CC[C@]2(c3ccc(F)cc3)CCC(=O)N12. The molecule has 1 aromatic rings. The molecule has 27 heavy (non-hydrogen) atoms. The Bertz CT molecular complexity index is 723. The van der Waals surface area contributed by atoms with Crippen LogP contribution in [0.2, 0.25) is 18.1 Å². The molecule has 0 unspecified atom stereocenters. The first-order valence-corrected chi connectivity index (χ1v) is 13.0. The van der Waals surface area contributed by atoms with Crippen molar-refractivity contribution in [3.63, 3.8) is 0 Å². The summed E-state index contributed by atoms with van der Waals surface area (Å²) in [5.41, 5.74) is 0.342. The van der Waals surface area contributed by atoms with Gasteiger partial charge in [-0.3, -0.25) is 4.79 Å². The van der Waals surface area contributed by atoms with E-state index in [4.69, 9.17) is 4.43 Å². The molecule has 2 fully saturated rings. The third-order valence-electron chi connectivity index (χ3n) is 7.13. The molecule has 0 aromatic heterocycles. The molecular weight excluding hydrogens is 357 g/mol. The molecule has 0 radical (unpaired) electrons. The third-order valence-corrected chi connectivity index (χ3v) is 11.8. The van der Waals surface area contributed by atoms with Crippen molar-refractivity contribution in [2.75, 3.05) is 0 Å².